The molecule has 0 aliphatic rings. The van der Waals surface area contributed by atoms with E-state index in [0.29, 0.717) is 12.5 Å². The molecule has 1 aromatic heterocycles. The van der Waals surface area contributed by atoms with Gasteiger partial charge in [0.15, 0.2) is 5.38 Å². The predicted octanol–water partition coefficient (Wildman–Crippen LogP) is 0.740. The van der Waals surface area contributed by atoms with E-state index in [-0.39, 0.29) is 0 Å². The molecule has 6 nitrogen and oxygen atoms in total. The van der Waals surface area contributed by atoms with Gasteiger partial charge >= 0.3 is 0 Å². The summed E-state index contributed by atoms with van der Waals surface area (Å²) in [6.45, 7) is 4.37. The van der Waals surface area contributed by atoms with Crippen LogP contribution >= 0.6 is 11.6 Å². The highest BCUT2D eigenvalue weighted by atomic mass is 35.5. The van der Waals surface area contributed by atoms with Gasteiger partial charge in [0, 0.05) is 0 Å². The highest BCUT2D eigenvalue weighted by molar-refractivity contribution is 6.23. The fraction of sp³-hybridized carbons (Fsp3) is 0.556. The monoisotopic (exact) mass is 240 g/mol. The van der Waals surface area contributed by atoms with Crippen LogP contribution in [-0.2, 0) is 0 Å². The van der Waals surface area contributed by atoms with E-state index in [9.17, 15) is 0 Å². The summed E-state index contributed by atoms with van der Waals surface area (Å²) in [6.07, 6.45) is 2.74. The van der Waals surface area contributed by atoms with Crippen LogP contribution < -0.4 is 10.6 Å². The molecule has 0 amide bonds. The molecule has 0 spiro atoms. The Morgan fingerprint density at radius 2 is 2.19 bits per heavy atom. The van der Waals surface area contributed by atoms with Crippen molar-refractivity contribution in [2.75, 3.05) is 11.9 Å². The molecule has 0 aromatic carbocycles. The number of aromatic nitrogens is 3. The molecule has 1 heterocycles. The van der Waals surface area contributed by atoms with Crippen LogP contribution in [0.4, 0.5) is 5.95 Å². The number of alkyl halides is 1. The molecule has 2 N–H and O–H groups in total. The lowest BCUT2D eigenvalue weighted by Gasteiger charge is -2.32. The molecule has 0 saturated heterocycles. The van der Waals surface area contributed by atoms with E-state index in [1.165, 1.54) is 12.7 Å². The number of nitrogens with one attached hydrogen (secondary N) is 2. The van der Waals surface area contributed by atoms with Gasteiger partial charge in [0.1, 0.15) is 18.3 Å². The molecule has 0 fully saturated rings. The quantitative estimate of drug-likeness (QED) is 0.583. The maximum atomic E-state index is 8.86. The predicted molar refractivity (Wildman–Crippen MR) is 60.8 cm³/mol. The summed E-state index contributed by atoms with van der Waals surface area (Å²) >= 11 is 5.94. The van der Waals surface area contributed by atoms with Crippen molar-refractivity contribution < 1.29 is 0 Å². The van der Waals surface area contributed by atoms with Gasteiger partial charge in [-0.3, -0.25) is 5.32 Å². The minimum Gasteiger partial charge on any atom is -0.334 e. The van der Waals surface area contributed by atoms with E-state index < -0.39 is 11.0 Å². The van der Waals surface area contributed by atoms with Crippen molar-refractivity contribution in [3.05, 3.63) is 12.7 Å². The standard InChI is InChI=1S/C9H13ClN6/c1-3-15-9(2,7(10)4-11)16-8-13-5-12-6-14-8/h5-7,15H,3H2,1-2H3,(H,12,13,14,16). The highest BCUT2D eigenvalue weighted by Gasteiger charge is 2.32. The lowest BCUT2D eigenvalue weighted by molar-refractivity contribution is 0.423. The van der Waals surface area contributed by atoms with Gasteiger partial charge < -0.3 is 5.32 Å². The molecule has 2 atom stereocenters. The number of nitrogens with zero attached hydrogens (tertiary/aromatic N) is 4. The van der Waals surface area contributed by atoms with Crippen LogP contribution in [0, 0.1) is 11.3 Å². The number of halogens is 1. The maximum Gasteiger partial charge on any atom is 0.227 e. The number of anilines is 1. The van der Waals surface area contributed by atoms with Gasteiger partial charge in [0.05, 0.1) is 6.07 Å². The van der Waals surface area contributed by atoms with Gasteiger partial charge in [-0.05, 0) is 13.5 Å². The molecular weight excluding hydrogens is 228 g/mol. The van der Waals surface area contributed by atoms with Crippen molar-refractivity contribution in [2.24, 2.45) is 0 Å². The fourth-order valence-electron chi connectivity index (χ4n) is 1.23. The van der Waals surface area contributed by atoms with E-state index in [2.05, 4.69) is 25.6 Å². The minimum absolute atomic E-state index is 0.374. The summed E-state index contributed by atoms with van der Waals surface area (Å²) in [5, 5.41) is 14.2. The third kappa shape index (κ3) is 3.02. The van der Waals surface area contributed by atoms with E-state index in [1.54, 1.807) is 6.92 Å². The fourth-order valence-corrected chi connectivity index (χ4v) is 1.36. The van der Waals surface area contributed by atoms with Crippen LogP contribution in [0.1, 0.15) is 13.8 Å². The molecular formula is C9H13ClN6. The number of hydrogen-bond acceptors (Lipinski definition) is 6. The van der Waals surface area contributed by atoms with E-state index >= 15 is 0 Å². The molecule has 16 heavy (non-hydrogen) atoms. The first-order valence-electron chi connectivity index (χ1n) is 4.81. The lowest BCUT2D eigenvalue weighted by Crippen LogP contribution is -2.55. The van der Waals surface area contributed by atoms with Gasteiger partial charge in [-0.15, -0.1) is 11.6 Å². The van der Waals surface area contributed by atoms with Gasteiger partial charge in [-0.25, -0.2) is 15.0 Å². The Kier molecular flexibility index (Phi) is 4.40. The summed E-state index contributed by atoms with van der Waals surface area (Å²) in [7, 11) is 0. The Bertz CT molecular complexity index is 364. The molecule has 2 unspecified atom stereocenters. The smallest absolute Gasteiger partial charge is 0.227 e. The van der Waals surface area contributed by atoms with E-state index in [0.717, 1.165) is 0 Å². The van der Waals surface area contributed by atoms with Crippen molar-refractivity contribution in [1.29, 1.82) is 5.26 Å². The van der Waals surface area contributed by atoms with E-state index in [1.807, 2.05) is 13.0 Å². The van der Waals surface area contributed by atoms with Crippen LogP contribution in [0.25, 0.3) is 0 Å². The minimum atomic E-state index is -0.785. The van der Waals surface area contributed by atoms with Crippen LogP contribution in [0.2, 0.25) is 0 Å². The second-order valence-corrected chi connectivity index (χ2v) is 3.75. The lowest BCUT2D eigenvalue weighted by atomic mass is 10.1. The largest absolute Gasteiger partial charge is 0.334 e. The normalized spacial score (nSPS) is 15.9. The Morgan fingerprint density at radius 1 is 1.56 bits per heavy atom. The van der Waals surface area contributed by atoms with Crippen LogP contribution in [0.5, 0.6) is 0 Å². The molecule has 0 saturated carbocycles. The molecule has 86 valence electrons. The summed E-state index contributed by atoms with van der Waals surface area (Å²) in [6, 6.07) is 1.98. The van der Waals surface area contributed by atoms with Crippen molar-refractivity contribution in [1.82, 2.24) is 20.3 Å². The van der Waals surface area contributed by atoms with Crippen molar-refractivity contribution in [3.63, 3.8) is 0 Å². The summed E-state index contributed by atoms with van der Waals surface area (Å²) in [5.74, 6) is 0.374. The molecule has 7 heteroatoms. The average molecular weight is 241 g/mol. The SMILES string of the molecule is CCNC(C)(Nc1ncncn1)C(Cl)C#N. The number of rotatable bonds is 5. The molecule has 0 radical (unpaired) electrons. The first-order valence-corrected chi connectivity index (χ1v) is 5.25. The summed E-state index contributed by atoms with van der Waals surface area (Å²) in [4.78, 5) is 11.5. The van der Waals surface area contributed by atoms with Crippen molar-refractivity contribution >= 4 is 17.5 Å². The second kappa shape index (κ2) is 5.58. The van der Waals surface area contributed by atoms with Crippen LogP contribution in [0.3, 0.4) is 0 Å². The zero-order chi connectivity index (χ0) is 12.0. The number of nitriles is 1. The number of hydrogen-bond donors (Lipinski definition) is 2. The van der Waals surface area contributed by atoms with Gasteiger partial charge in [0.2, 0.25) is 5.95 Å². The van der Waals surface area contributed by atoms with Crippen LogP contribution in [-0.4, -0.2) is 32.5 Å². The topological polar surface area (TPSA) is 86.5 Å². The highest BCUT2D eigenvalue weighted by Crippen LogP contribution is 2.16. The van der Waals surface area contributed by atoms with E-state index in [4.69, 9.17) is 16.9 Å². The zero-order valence-corrected chi connectivity index (χ0v) is 9.86. The molecule has 0 aliphatic carbocycles. The van der Waals surface area contributed by atoms with Crippen LogP contribution in [0.15, 0.2) is 12.7 Å². The third-order valence-corrected chi connectivity index (χ3v) is 2.56. The molecule has 0 aliphatic heterocycles. The van der Waals surface area contributed by atoms with Crippen molar-refractivity contribution in [2.45, 2.75) is 24.9 Å². The summed E-state index contributed by atoms with van der Waals surface area (Å²) in [5.41, 5.74) is -0.785. The Labute approximate surface area is 99.1 Å². The van der Waals surface area contributed by atoms with Gasteiger partial charge in [0.25, 0.3) is 0 Å². The van der Waals surface area contributed by atoms with Gasteiger partial charge in [-0.2, -0.15) is 5.26 Å². The third-order valence-electron chi connectivity index (χ3n) is 2.03. The second-order valence-electron chi connectivity index (χ2n) is 3.31. The molecule has 1 aromatic rings. The Hall–Kier alpha value is -1.45. The van der Waals surface area contributed by atoms with Gasteiger partial charge in [-0.1, -0.05) is 6.92 Å². The summed E-state index contributed by atoms with van der Waals surface area (Å²) < 4.78 is 0. The first-order chi connectivity index (χ1) is 7.62. The van der Waals surface area contributed by atoms with Crippen molar-refractivity contribution in [3.8, 4) is 6.07 Å². The average Bonchev–Trinajstić information content (AvgIpc) is 2.29. The maximum absolute atomic E-state index is 8.86. The molecule has 0 bridgehead atoms. The zero-order valence-electron chi connectivity index (χ0n) is 9.11. The first kappa shape index (κ1) is 12.6. The Morgan fingerprint density at radius 3 is 2.69 bits per heavy atom. The Balaban J connectivity index is 2.84. The molecule has 1 rings (SSSR count).